The Morgan fingerprint density at radius 2 is 2.12 bits per heavy atom. The zero-order valence-corrected chi connectivity index (χ0v) is 12.5. The smallest absolute Gasteiger partial charge is 0.183 e. The molecule has 17 heavy (non-hydrogen) atoms. The third-order valence-corrected chi connectivity index (χ3v) is 4.22. The summed E-state index contributed by atoms with van der Waals surface area (Å²) in [6.07, 6.45) is 1.84. The van der Waals surface area contributed by atoms with E-state index in [9.17, 15) is 0 Å². The fourth-order valence-corrected chi connectivity index (χ4v) is 3.06. The lowest BCUT2D eigenvalue weighted by Crippen LogP contribution is -2.16. The first-order valence-corrected chi connectivity index (χ1v) is 7.16. The zero-order valence-electron chi connectivity index (χ0n) is 9.36. The Morgan fingerprint density at radius 1 is 1.35 bits per heavy atom. The van der Waals surface area contributed by atoms with E-state index in [0.717, 1.165) is 17.6 Å². The third kappa shape index (κ3) is 3.78. The zero-order chi connectivity index (χ0) is 12.3. The molecule has 90 valence electrons. The number of hydrogen-bond acceptors (Lipinski definition) is 3. The van der Waals surface area contributed by atoms with Crippen LogP contribution in [-0.2, 0) is 13.1 Å². The standard InChI is InChI=1S/C12H12BrClN2S/c1-16(8-10-6-15-12(14)17-10)7-9-4-2-3-5-11(9)13/h2-6H,7-8H2,1H3. The van der Waals surface area contributed by atoms with E-state index < -0.39 is 0 Å². The van der Waals surface area contributed by atoms with Crippen LogP contribution in [0.3, 0.4) is 0 Å². The molecule has 0 unspecified atom stereocenters. The molecule has 0 bridgehead atoms. The highest BCUT2D eigenvalue weighted by Gasteiger charge is 2.06. The van der Waals surface area contributed by atoms with Gasteiger partial charge in [0.1, 0.15) is 0 Å². The molecule has 0 saturated heterocycles. The van der Waals surface area contributed by atoms with Gasteiger partial charge in [0.15, 0.2) is 4.47 Å². The number of nitrogens with zero attached hydrogens (tertiary/aromatic N) is 2. The quantitative estimate of drug-likeness (QED) is 0.835. The number of hydrogen-bond donors (Lipinski definition) is 0. The second-order valence-corrected chi connectivity index (χ2v) is 6.39. The van der Waals surface area contributed by atoms with Crippen LogP contribution in [0.1, 0.15) is 10.4 Å². The predicted octanol–water partition coefficient (Wildman–Crippen LogP) is 4.19. The molecule has 0 fully saturated rings. The average Bonchev–Trinajstić information content (AvgIpc) is 2.67. The molecular weight excluding hydrogens is 320 g/mol. The Bertz CT molecular complexity index is 501. The Balaban J connectivity index is 1.98. The van der Waals surface area contributed by atoms with Crippen molar-refractivity contribution in [3.8, 4) is 0 Å². The van der Waals surface area contributed by atoms with Crippen LogP contribution in [0.2, 0.25) is 4.47 Å². The van der Waals surface area contributed by atoms with Crippen molar-refractivity contribution in [1.29, 1.82) is 0 Å². The molecular formula is C12H12BrClN2S. The predicted molar refractivity (Wildman–Crippen MR) is 76.4 cm³/mol. The van der Waals surface area contributed by atoms with Gasteiger partial charge in [0.2, 0.25) is 0 Å². The number of rotatable bonds is 4. The molecule has 0 N–H and O–H groups in total. The summed E-state index contributed by atoms with van der Waals surface area (Å²) in [6.45, 7) is 1.77. The maximum absolute atomic E-state index is 5.81. The van der Waals surface area contributed by atoms with Crippen molar-refractivity contribution in [2.75, 3.05) is 7.05 Å². The van der Waals surface area contributed by atoms with Crippen LogP contribution in [0.15, 0.2) is 34.9 Å². The van der Waals surface area contributed by atoms with Crippen LogP contribution in [0.5, 0.6) is 0 Å². The van der Waals surface area contributed by atoms with Crippen LogP contribution in [0.4, 0.5) is 0 Å². The van der Waals surface area contributed by atoms with Crippen LogP contribution in [0.25, 0.3) is 0 Å². The molecule has 0 amide bonds. The van der Waals surface area contributed by atoms with E-state index in [1.165, 1.54) is 21.8 Å². The topological polar surface area (TPSA) is 16.1 Å². The van der Waals surface area contributed by atoms with Gasteiger partial charge < -0.3 is 0 Å². The molecule has 1 aromatic carbocycles. The first-order valence-electron chi connectivity index (χ1n) is 5.17. The molecule has 0 aliphatic rings. The van der Waals surface area contributed by atoms with Crippen LogP contribution in [-0.4, -0.2) is 16.9 Å². The molecule has 2 aromatic rings. The third-order valence-electron chi connectivity index (χ3n) is 2.35. The van der Waals surface area contributed by atoms with E-state index >= 15 is 0 Å². The van der Waals surface area contributed by atoms with Crippen LogP contribution < -0.4 is 0 Å². The van der Waals surface area contributed by atoms with Crippen molar-refractivity contribution in [2.24, 2.45) is 0 Å². The fourth-order valence-electron chi connectivity index (χ4n) is 1.60. The highest BCUT2D eigenvalue weighted by Crippen LogP contribution is 2.21. The lowest BCUT2D eigenvalue weighted by atomic mass is 10.2. The van der Waals surface area contributed by atoms with E-state index in [-0.39, 0.29) is 0 Å². The van der Waals surface area contributed by atoms with E-state index in [2.05, 4.69) is 51.1 Å². The van der Waals surface area contributed by atoms with Gasteiger partial charge in [0.05, 0.1) is 0 Å². The van der Waals surface area contributed by atoms with Crippen molar-refractivity contribution in [2.45, 2.75) is 13.1 Å². The van der Waals surface area contributed by atoms with E-state index in [0.29, 0.717) is 4.47 Å². The molecule has 5 heteroatoms. The fraction of sp³-hybridized carbons (Fsp3) is 0.250. The largest absolute Gasteiger partial charge is 0.297 e. The second kappa shape index (κ2) is 5.96. The van der Waals surface area contributed by atoms with Crippen molar-refractivity contribution >= 4 is 38.9 Å². The van der Waals surface area contributed by atoms with Crippen molar-refractivity contribution in [3.05, 3.63) is 49.8 Å². The summed E-state index contributed by atoms with van der Waals surface area (Å²) in [7, 11) is 2.09. The highest BCUT2D eigenvalue weighted by molar-refractivity contribution is 9.10. The molecule has 0 spiro atoms. The van der Waals surface area contributed by atoms with Gasteiger partial charge in [-0.05, 0) is 18.7 Å². The molecule has 0 atom stereocenters. The van der Waals surface area contributed by atoms with Gasteiger partial charge in [0.25, 0.3) is 0 Å². The lowest BCUT2D eigenvalue weighted by Gasteiger charge is -2.16. The van der Waals surface area contributed by atoms with Gasteiger partial charge in [0, 0.05) is 28.6 Å². The molecule has 0 aliphatic carbocycles. The molecule has 0 aliphatic heterocycles. The number of thiazole rings is 1. The van der Waals surface area contributed by atoms with Crippen molar-refractivity contribution in [3.63, 3.8) is 0 Å². The second-order valence-electron chi connectivity index (χ2n) is 3.84. The maximum Gasteiger partial charge on any atom is 0.183 e. The minimum absolute atomic E-state index is 0.606. The van der Waals surface area contributed by atoms with Crippen molar-refractivity contribution < 1.29 is 0 Å². The minimum Gasteiger partial charge on any atom is -0.297 e. The molecule has 0 saturated carbocycles. The summed E-state index contributed by atoms with van der Waals surface area (Å²) >= 11 is 10.9. The van der Waals surface area contributed by atoms with Gasteiger partial charge in [-0.3, -0.25) is 4.90 Å². The number of aromatic nitrogens is 1. The van der Waals surface area contributed by atoms with Crippen LogP contribution >= 0.6 is 38.9 Å². The number of benzene rings is 1. The Morgan fingerprint density at radius 3 is 2.76 bits per heavy atom. The molecule has 1 aromatic heterocycles. The highest BCUT2D eigenvalue weighted by atomic mass is 79.9. The van der Waals surface area contributed by atoms with Gasteiger partial charge >= 0.3 is 0 Å². The van der Waals surface area contributed by atoms with Gasteiger partial charge in [-0.25, -0.2) is 4.98 Å². The first-order chi connectivity index (χ1) is 8.15. The maximum atomic E-state index is 5.81. The number of halogens is 2. The summed E-state index contributed by atoms with van der Waals surface area (Å²) in [5.74, 6) is 0. The lowest BCUT2D eigenvalue weighted by molar-refractivity contribution is 0.321. The van der Waals surface area contributed by atoms with Crippen molar-refractivity contribution in [1.82, 2.24) is 9.88 Å². The molecule has 1 heterocycles. The summed E-state index contributed by atoms with van der Waals surface area (Å²) < 4.78 is 1.75. The Labute approximate surface area is 118 Å². The molecule has 2 nitrogen and oxygen atoms in total. The van der Waals surface area contributed by atoms with E-state index in [1.54, 1.807) is 0 Å². The normalized spacial score (nSPS) is 11.1. The summed E-state index contributed by atoms with van der Waals surface area (Å²) in [5.41, 5.74) is 1.28. The molecule has 0 radical (unpaired) electrons. The SMILES string of the molecule is CN(Cc1cnc(Cl)s1)Cc1ccccc1Br. The van der Waals surface area contributed by atoms with Gasteiger partial charge in [-0.15, -0.1) is 11.3 Å². The summed E-state index contributed by atoms with van der Waals surface area (Å²) in [6, 6.07) is 8.26. The first kappa shape index (κ1) is 13.0. The van der Waals surface area contributed by atoms with E-state index in [4.69, 9.17) is 11.6 Å². The average molecular weight is 332 g/mol. The van der Waals surface area contributed by atoms with Gasteiger partial charge in [-0.1, -0.05) is 45.7 Å². The Kier molecular flexibility index (Phi) is 4.56. The Hall–Kier alpha value is -0.420. The minimum atomic E-state index is 0.606. The summed E-state index contributed by atoms with van der Waals surface area (Å²) in [4.78, 5) is 7.47. The van der Waals surface area contributed by atoms with Crippen LogP contribution in [0, 0.1) is 0 Å². The summed E-state index contributed by atoms with van der Waals surface area (Å²) in [5, 5.41) is 0. The molecule has 2 rings (SSSR count). The monoisotopic (exact) mass is 330 g/mol. The van der Waals surface area contributed by atoms with E-state index in [1.807, 2.05) is 12.3 Å². The van der Waals surface area contributed by atoms with Gasteiger partial charge in [-0.2, -0.15) is 0 Å².